The highest BCUT2D eigenvalue weighted by molar-refractivity contribution is 5.93. The van der Waals surface area contributed by atoms with Crippen LogP contribution in [0.15, 0.2) is 67.0 Å². The fourth-order valence-corrected chi connectivity index (χ4v) is 4.20. The Morgan fingerprint density at radius 3 is 2.55 bits per heavy atom. The summed E-state index contributed by atoms with van der Waals surface area (Å²) in [5.41, 5.74) is 4.84. The molecule has 0 saturated carbocycles. The molecule has 166 valence electrons. The summed E-state index contributed by atoms with van der Waals surface area (Å²) in [5.74, 6) is 1.93. The molecular formula is C26H24N4O3. The highest BCUT2D eigenvalue weighted by atomic mass is 16.5. The van der Waals surface area contributed by atoms with E-state index in [0.29, 0.717) is 30.4 Å². The predicted octanol–water partition coefficient (Wildman–Crippen LogP) is 4.01. The van der Waals surface area contributed by atoms with Gasteiger partial charge in [0.25, 0.3) is 0 Å². The highest BCUT2D eigenvalue weighted by Gasteiger charge is 2.22. The summed E-state index contributed by atoms with van der Waals surface area (Å²) in [7, 11) is 3.25. The lowest BCUT2D eigenvalue weighted by molar-refractivity contribution is -0.126. The largest absolute Gasteiger partial charge is 0.493 e. The number of rotatable bonds is 5. The second-order valence-corrected chi connectivity index (χ2v) is 7.82. The molecule has 1 amide bonds. The molecule has 4 aromatic rings. The van der Waals surface area contributed by atoms with Crippen molar-refractivity contribution in [1.82, 2.24) is 19.3 Å². The Morgan fingerprint density at radius 2 is 1.79 bits per heavy atom. The smallest absolute Gasteiger partial charge is 0.246 e. The lowest BCUT2D eigenvalue weighted by Crippen LogP contribution is -2.34. The van der Waals surface area contributed by atoms with Gasteiger partial charge in [0, 0.05) is 37.1 Å². The van der Waals surface area contributed by atoms with E-state index in [4.69, 9.17) is 9.47 Å². The summed E-state index contributed by atoms with van der Waals surface area (Å²) < 4.78 is 12.7. The van der Waals surface area contributed by atoms with Crippen LogP contribution in [0, 0.1) is 0 Å². The van der Waals surface area contributed by atoms with Gasteiger partial charge in [-0.05, 0) is 41.8 Å². The minimum absolute atomic E-state index is 0.0479. The molecule has 0 unspecified atom stereocenters. The molecule has 0 atom stereocenters. The average Bonchev–Trinajstić information content (AvgIpc) is 3.25. The van der Waals surface area contributed by atoms with Crippen molar-refractivity contribution in [3.8, 4) is 22.8 Å². The number of imidazole rings is 1. The first kappa shape index (κ1) is 20.8. The van der Waals surface area contributed by atoms with E-state index in [1.807, 2.05) is 70.1 Å². The van der Waals surface area contributed by atoms with Crippen molar-refractivity contribution >= 4 is 17.8 Å². The van der Waals surface area contributed by atoms with Crippen molar-refractivity contribution in [2.75, 3.05) is 20.8 Å². The molecular weight excluding hydrogens is 416 g/mol. The molecule has 1 aliphatic rings. The van der Waals surface area contributed by atoms with Crippen LogP contribution in [0.5, 0.6) is 11.5 Å². The van der Waals surface area contributed by atoms with Gasteiger partial charge in [-0.25, -0.2) is 9.97 Å². The van der Waals surface area contributed by atoms with Gasteiger partial charge in [0.15, 0.2) is 11.5 Å². The van der Waals surface area contributed by atoms with E-state index in [1.165, 1.54) is 5.56 Å². The summed E-state index contributed by atoms with van der Waals surface area (Å²) in [6.07, 6.45) is 7.84. The summed E-state index contributed by atoms with van der Waals surface area (Å²) >= 11 is 0. The molecule has 1 aliphatic heterocycles. The summed E-state index contributed by atoms with van der Waals surface area (Å²) in [5, 5.41) is 0. The Labute approximate surface area is 191 Å². The number of carbonyl (C=O) groups excluding carboxylic acids is 1. The summed E-state index contributed by atoms with van der Waals surface area (Å²) in [6.45, 7) is 1.17. The van der Waals surface area contributed by atoms with Crippen molar-refractivity contribution in [1.29, 1.82) is 0 Å². The summed E-state index contributed by atoms with van der Waals surface area (Å²) in [4.78, 5) is 24.0. The molecule has 33 heavy (non-hydrogen) atoms. The molecule has 7 heteroatoms. The van der Waals surface area contributed by atoms with Crippen LogP contribution >= 0.6 is 0 Å². The molecule has 5 rings (SSSR count). The molecule has 0 radical (unpaired) electrons. The van der Waals surface area contributed by atoms with E-state index in [1.54, 1.807) is 26.5 Å². The summed E-state index contributed by atoms with van der Waals surface area (Å²) in [6, 6.07) is 15.7. The van der Waals surface area contributed by atoms with E-state index in [2.05, 4.69) is 9.97 Å². The van der Waals surface area contributed by atoms with Crippen LogP contribution in [-0.2, 0) is 17.8 Å². The van der Waals surface area contributed by atoms with Gasteiger partial charge in [-0.1, -0.05) is 30.3 Å². The zero-order chi connectivity index (χ0) is 22.8. The van der Waals surface area contributed by atoms with Crippen LogP contribution in [-0.4, -0.2) is 45.9 Å². The first-order valence-electron chi connectivity index (χ1n) is 10.8. The second kappa shape index (κ2) is 8.78. The maximum atomic E-state index is 13.1. The lowest BCUT2D eigenvalue weighted by Gasteiger charge is -2.28. The molecule has 0 spiro atoms. The fourth-order valence-electron chi connectivity index (χ4n) is 4.20. The van der Waals surface area contributed by atoms with Gasteiger partial charge in [0.05, 0.1) is 25.6 Å². The van der Waals surface area contributed by atoms with Crippen LogP contribution in [0.3, 0.4) is 0 Å². The maximum absolute atomic E-state index is 13.1. The van der Waals surface area contributed by atoms with Gasteiger partial charge in [0.2, 0.25) is 11.7 Å². The molecule has 2 aromatic heterocycles. The van der Waals surface area contributed by atoms with E-state index in [0.717, 1.165) is 28.9 Å². The van der Waals surface area contributed by atoms with Crippen LogP contribution in [0.4, 0.5) is 0 Å². The Kier molecular flexibility index (Phi) is 5.52. The van der Waals surface area contributed by atoms with Crippen LogP contribution in [0.2, 0.25) is 0 Å². The monoisotopic (exact) mass is 440 g/mol. The minimum Gasteiger partial charge on any atom is -0.493 e. The van der Waals surface area contributed by atoms with Crippen molar-refractivity contribution in [3.63, 3.8) is 0 Å². The Hall–Kier alpha value is -4.13. The van der Waals surface area contributed by atoms with Crippen LogP contribution in [0.25, 0.3) is 23.1 Å². The Morgan fingerprint density at radius 1 is 1.03 bits per heavy atom. The molecule has 0 saturated heterocycles. The van der Waals surface area contributed by atoms with Gasteiger partial charge in [0.1, 0.15) is 0 Å². The number of aromatic nitrogens is 3. The van der Waals surface area contributed by atoms with Gasteiger partial charge in [-0.3, -0.25) is 9.20 Å². The molecule has 7 nitrogen and oxygen atoms in total. The zero-order valence-electron chi connectivity index (χ0n) is 18.6. The van der Waals surface area contributed by atoms with Crippen molar-refractivity contribution in [2.45, 2.75) is 13.0 Å². The highest BCUT2D eigenvalue weighted by Crippen LogP contribution is 2.33. The molecule has 0 bridgehead atoms. The standard InChI is InChI=1S/C26H24N4O3/c1-32-22-15-19-11-14-29(17-20(19)16-23(22)33-2)24(31)10-9-21-25(18-7-4-3-5-8-18)28-26-27-12-6-13-30(21)26/h3-10,12-13,15-16H,11,14,17H2,1-2H3/b10-9+. The number of benzene rings is 2. The van der Waals surface area contributed by atoms with Crippen molar-refractivity contribution < 1.29 is 14.3 Å². The topological polar surface area (TPSA) is 69.0 Å². The first-order chi connectivity index (χ1) is 16.2. The SMILES string of the molecule is COc1cc2c(cc1OC)CN(C(=O)/C=C/c1c(-c3ccccc3)nc3ncccn13)CC2. The van der Waals surface area contributed by atoms with Gasteiger partial charge in [-0.2, -0.15) is 0 Å². The molecule has 2 aromatic carbocycles. The second-order valence-electron chi connectivity index (χ2n) is 7.82. The van der Waals surface area contributed by atoms with Gasteiger partial charge < -0.3 is 14.4 Å². The lowest BCUT2D eigenvalue weighted by atomic mass is 9.98. The maximum Gasteiger partial charge on any atom is 0.246 e. The Balaban J connectivity index is 1.43. The molecule has 0 fully saturated rings. The number of carbonyl (C=O) groups is 1. The third kappa shape index (κ3) is 3.93. The van der Waals surface area contributed by atoms with E-state index < -0.39 is 0 Å². The van der Waals surface area contributed by atoms with E-state index >= 15 is 0 Å². The number of hydrogen-bond donors (Lipinski definition) is 0. The number of hydrogen-bond acceptors (Lipinski definition) is 5. The number of ether oxygens (including phenoxy) is 2. The van der Waals surface area contributed by atoms with Crippen molar-refractivity contribution in [3.05, 3.63) is 83.8 Å². The Bertz CT molecular complexity index is 1340. The van der Waals surface area contributed by atoms with Gasteiger partial charge >= 0.3 is 0 Å². The number of amides is 1. The normalized spacial score (nSPS) is 13.3. The van der Waals surface area contributed by atoms with Crippen LogP contribution in [0.1, 0.15) is 16.8 Å². The first-order valence-corrected chi connectivity index (χ1v) is 10.8. The van der Waals surface area contributed by atoms with Gasteiger partial charge in [-0.15, -0.1) is 0 Å². The molecule has 3 heterocycles. The van der Waals surface area contributed by atoms with E-state index in [-0.39, 0.29) is 5.91 Å². The zero-order valence-corrected chi connectivity index (χ0v) is 18.6. The molecule has 0 aliphatic carbocycles. The average molecular weight is 441 g/mol. The number of methoxy groups -OCH3 is 2. The fraction of sp³-hybridized carbons (Fsp3) is 0.192. The quantitative estimate of drug-likeness (QED) is 0.439. The van der Waals surface area contributed by atoms with Crippen molar-refractivity contribution in [2.24, 2.45) is 0 Å². The molecule has 0 N–H and O–H groups in total. The number of fused-ring (bicyclic) bond motifs is 2. The minimum atomic E-state index is -0.0479. The van der Waals surface area contributed by atoms with E-state index in [9.17, 15) is 4.79 Å². The third-order valence-corrected chi connectivity index (χ3v) is 5.90. The number of nitrogens with zero attached hydrogens (tertiary/aromatic N) is 4. The predicted molar refractivity (Wildman–Crippen MR) is 126 cm³/mol. The third-order valence-electron chi connectivity index (χ3n) is 5.90. The van der Waals surface area contributed by atoms with Crippen LogP contribution < -0.4 is 9.47 Å².